The van der Waals surface area contributed by atoms with Crippen LogP contribution in [-0.4, -0.2) is 0 Å². The van der Waals surface area contributed by atoms with E-state index in [1.165, 1.54) is 12.1 Å². The van der Waals surface area contributed by atoms with Crippen LogP contribution in [0.4, 0.5) is 13.2 Å². The number of nitrogens with two attached hydrogens (primary N) is 1. The summed E-state index contributed by atoms with van der Waals surface area (Å²) in [5.74, 6) is 5.96. The first-order valence-corrected chi connectivity index (χ1v) is 6.30. The lowest BCUT2D eigenvalue weighted by molar-refractivity contribution is -0.137. The van der Waals surface area contributed by atoms with Crippen molar-refractivity contribution >= 4 is 0 Å². The molecule has 106 valence electrons. The Labute approximate surface area is 111 Å². The third-order valence-corrected chi connectivity index (χ3v) is 4.10. The number of alkyl halides is 3. The van der Waals surface area contributed by atoms with Gasteiger partial charge < -0.3 is 0 Å². The molecule has 2 rings (SSSR count). The molecule has 0 amide bonds. The fraction of sp³-hybridized carbons (Fsp3) is 0.571. The molecule has 1 fully saturated rings. The molecule has 1 aromatic carbocycles. The van der Waals surface area contributed by atoms with Crippen LogP contribution in [-0.2, 0) is 6.18 Å². The molecule has 1 aromatic rings. The minimum absolute atomic E-state index is 0.0858. The Morgan fingerprint density at radius 2 is 1.95 bits per heavy atom. The molecule has 0 spiro atoms. The quantitative estimate of drug-likeness (QED) is 0.652. The van der Waals surface area contributed by atoms with Gasteiger partial charge in [-0.05, 0) is 47.9 Å². The smallest absolute Gasteiger partial charge is 0.271 e. The van der Waals surface area contributed by atoms with E-state index in [1.54, 1.807) is 6.92 Å². The molecule has 1 aliphatic carbocycles. The van der Waals surface area contributed by atoms with Gasteiger partial charge in [0.1, 0.15) is 0 Å². The molecule has 0 aliphatic heterocycles. The largest absolute Gasteiger partial charge is 0.416 e. The first-order valence-electron chi connectivity index (χ1n) is 6.30. The van der Waals surface area contributed by atoms with E-state index < -0.39 is 11.7 Å². The second-order valence-corrected chi connectivity index (χ2v) is 6.01. The summed E-state index contributed by atoms with van der Waals surface area (Å²) in [6.07, 6.45) is -3.27. The summed E-state index contributed by atoms with van der Waals surface area (Å²) in [4.78, 5) is 0. The second-order valence-electron chi connectivity index (χ2n) is 6.01. The summed E-state index contributed by atoms with van der Waals surface area (Å²) in [5, 5.41) is 0. The lowest BCUT2D eigenvalue weighted by atomic mass is 9.93. The summed E-state index contributed by atoms with van der Waals surface area (Å²) in [6.45, 7) is 5.98. The highest BCUT2D eigenvalue weighted by atomic mass is 19.4. The fourth-order valence-corrected chi connectivity index (χ4v) is 2.70. The van der Waals surface area contributed by atoms with Gasteiger partial charge in [0.05, 0.1) is 5.56 Å². The average Bonchev–Trinajstić information content (AvgIpc) is 2.89. The molecule has 0 bridgehead atoms. The van der Waals surface area contributed by atoms with Crippen LogP contribution >= 0.6 is 0 Å². The van der Waals surface area contributed by atoms with E-state index in [2.05, 4.69) is 19.3 Å². The van der Waals surface area contributed by atoms with Crippen molar-refractivity contribution in [3.05, 3.63) is 34.9 Å². The molecule has 1 saturated carbocycles. The van der Waals surface area contributed by atoms with Crippen molar-refractivity contribution in [3.8, 4) is 0 Å². The SMILES string of the molecule is Cc1cc(C(F)(F)F)ccc1C(NN)C1CC1(C)C. The molecule has 0 aromatic heterocycles. The van der Waals surface area contributed by atoms with Gasteiger partial charge in [-0.2, -0.15) is 13.2 Å². The molecule has 3 N–H and O–H groups in total. The lowest BCUT2D eigenvalue weighted by Gasteiger charge is -2.21. The van der Waals surface area contributed by atoms with Gasteiger partial charge in [0.15, 0.2) is 0 Å². The first-order chi connectivity index (χ1) is 8.66. The molecule has 2 atom stereocenters. The van der Waals surface area contributed by atoms with Crippen LogP contribution in [0.3, 0.4) is 0 Å². The van der Waals surface area contributed by atoms with Crippen LogP contribution in [0.2, 0.25) is 0 Å². The molecular formula is C14H19F3N2. The first kappa shape index (κ1) is 14.3. The van der Waals surface area contributed by atoms with Crippen LogP contribution in [0.25, 0.3) is 0 Å². The van der Waals surface area contributed by atoms with E-state index >= 15 is 0 Å². The van der Waals surface area contributed by atoms with Gasteiger partial charge in [-0.3, -0.25) is 11.3 Å². The van der Waals surface area contributed by atoms with E-state index in [-0.39, 0.29) is 11.5 Å². The zero-order valence-electron chi connectivity index (χ0n) is 11.3. The van der Waals surface area contributed by atoms with Gasteiger partial charge in [-0.25, -0.2) is 0 Å². The molecule has 1 aliphatic rings. The minimum Gasteiger partial charge on any atom is -0.271 e. The maximum absolute atomic E-state index is 12.6. The van der Waals surface area contributed by atoms with Gasteiger partial charge in [0.2, 0.25) is 0 Å². The predicted octanol–water partition coefficient (Wildman–Crippen LogP) is 3.56. The van der Waals surface area contributed by atoms with Gasteiger partial charge in [0, 0.05) is 6.04 Å². The number of benzene rings is 1. The Balaban J connectivity index is 2.30. The van der Waals surface area contributed by atoms with Gasteiger partial charge in [-0.15, -0.1) is 0 Å². The third-order valence-electron chi connectivity index (χ3n) is 4.10. The van der Waals surface area contributed by atoms with Crippen molar-refractivity contribution < 1.29 is 13.2 Å². The van der Waals surface area contributed by atoms with Crippen molar-refractivity contribution in [2.45, 2.75) is 39.4 Å². The molecule has 2 unspecified atom stereocenters. The molecule has 0 heterocycles. The zero-order chi connectivity index (χ0) is 14.4. The Bertz CT molecular complexity index is 480. The molecular weight excluding hydrogens is 253 g/mol. The predicted molar refractivity (Wildman–Crippen MR) is 68.1 cm³/mol. The topological polar surface area (TPSA) is 38.0 Å². The number of aryl methyl sites for hydroxylation is 1. The van der Waals surface area contributed by atoms with Crippen molar-refractivity contribution in [2.75, 3.05) is 0 Å². The fourth-order valence-electron chi connectivity index (χ4n) is 2.70. The Morgan fingerprint density at radius 1 is 1.37 bits per heavy atom. The van der Waals surface area contributed by atoms with Gasteiger partial charge in [-0.1, -0.05) is 19.9 Å². The normalized spacial score (nSPS) is 23.2. The summed E-state index contributed by atoms with van der Waals surface area (Å²) in [5.41, 5.74) is 3.82. The summed E-state index contributed by atoms with van der Waals surface area (Å²) in [6, 6.07) is 3.77. The standard InChI is InChI=1S/C14H19F3N2/c1-8-6-9(14(15,16)17)4-5-10(8)12(19-18)11-7-13(11,2)3/h4-6,11-12,19H,7,18H2,1-3H3. The highest BCUT2D eigenvalue weighted by Crippen LogP contribution is 2.57. The maximum atomic E-state index is 12.6. The summed E-state index contributed by atoms with van der Waals surface area (Å²) < 4.78 is 37.9. The van der Waals surface area contributed by atoms with Crippen molar-refractivity contribution in [2.24, 2.45) is 17.2 Å². The minimum atomic E-state index is -4.30. The monoisotopic (exact) mass is 272 g/mol. The number of hydrogen-bond donors (Lipinski definition) is 2. The number of halogens is 3. The molecule has 5 heteroatoms. The Kier molecular flexibility index (Phi) is 3.39. The van der Waals surface area contributed by atoms with E-state index in [1.807, 2.05) is 0 Å². The van der Waals surface area contributed by atoms with E-state index in [9.17, 15) is 13.2 Å². The Morgan fingerprint density at radius 3 is 2.32 bits per heavy atom. The third kappa shape index (κ3) is 2.77. The maximum Gasteiger partial charge on any atom is 0.416 e. The number of hydrogen-bond acceptors (Lipinski definition) is 2. The van der Waals surface area contributed by atoms with E-state index in [0.717, 1.165) is 18.1 Å². The summed E-state index contributed by atoms with van der Waals surface area (Å²) in [7, 11) is 0. The number of rotatable bonds is 3. The summed E-state index contributed by atoms with van der Waals surface area (Å²) >= 11 is 0. The Hall–Kier alpha value is -1.07. The van der Waals surface area contributed by atoms with Crippen LogP contribution < -0.4 is 11.3 Å². The van der Waals surface area contributed by atoms with Crippen molar-refractivity contribution in [1.82, 2.24) is 5.43 Å². The van der Waals surface area contributed by atoms with E-state index in [4.69, 9.17) is 5.84 Å². The lowest BCUT2D eigenvalue weighted by Crippen LogP contribution is -2.31. The van der Waals surface area contributed by atoms with Crippen LogP contribution in [0, 0.1) is 18.3 Å². The highest BCUT2D eigenvalue weighted by molar-refractivity contribution is 5.36. The number of hydrazine groups is 1. The second kappa shape index (κ2) is 4.49. The van der Waals surface area contributed by atoms with Gasteiger partial charge in [0.25, 0.3) is 0 Å². The molecule has 19 heavy (non-hydrogen) atoms. The molecule has 0 radical (unpaired) electrons. The van der Waals surface area contributed by atoms with Crippen LogP contribution in [0.1, 0.15) is 43.0 Å². The van der Waals surface area contributed by atoms with Crippen molar-refractivity contribution in [1.29, 1.82) is 0 Å². The van der Waals surface area contributed by atoms with Crippen LogP contribution in [0.5, 0.6) is 0 Å². The average molecular weight is 272 g/mol. The molecule has 2 nitrogen and oxygen atoms in total. The van der Waals surface area contributed by atoms with Crippen LogP contribution in [0.15, 0.2) is 18.2 Å². The van der Waals surface area contributed by atoms with Gasteiger partial charge >= 0.3 is 6.18 Å². The zero-order valence-corrected chi connectivity index (χ0v) is 11.3. The van der Waals surface area contributed by atoms with E-state index in [0.29, 0.717) is 11.5 Å². The molecule has 0 saturated heterocycles. The van der Waals surface area contributed by atoms with Crippen molar-refractivity contribution in [3.63, 3.8) is 0 Å². The number of nitrogens with one attached hydrogen (secondary N) is 1. The highest BCUT2D eigenvalue weighted by Gasteiger charge is 2.50.